The number of nitrogens with one attached hydrogen (secondary N) is 1. The summed E-state index contributed by atoms with van der Waals surface area (Å²) in [6, 6.07) is 11.9. The summed E-state index contributed by atoms with van der Waals surface area (Å²) in [5.74, 6) is -0.658. The first-order chi connectivity index (χ1) is 11.3. The van der Waals surface area contributed by atoms with Crippen LogP contribution >= 0.6 is 0 Å². The molecular weight excluding hydrogens is 331 g/mol. The van der Waals surface area contributed by atoms with Crippen molar-refractivity contribution in [2.45, 2.75) is 11.3 Å². The minimum absolute atomic E-state index is 0.0682. The summed E-state index contributed by atoms with van der Waals surface area (Å²) in [7, 11) is -0.712. The van der Waals surface area contributed by atoms with Crippen LogP contribution in [0.5, 0.6) is 0 Å². The number of carbonyl (C=O) groups is 1. The Morgan fingerprint density at radius 3 is 2.42 bits per heavy atom. The van der Waals surface area contributed by atoms with Gasteiger partial charge in [0.05, 0.1) is 4.90 Å². The van der Waals surface area contributed by atoms with Crippen LogP contribution in [0, 0.1) is 5.82 Å². The molecule has 1 N–H and O–H groups in total. The Balaban J connectivity index is 2.01. The Morgan fingerprint density at radius 1 is 1.12 bits per heavy atom. The molecule has 5 nitrogen and oxygen atoms in total. The van der Waals surface area contributed by atoms with Crippen molar-refractivity contribution in [3.05, 3.63) is 65.5 Å². The second-order valence-corrected chi connectivity index (χ2v) is 7.60. The van der Waals surface area contributed by atoms with Crippen molar-refractivity contribution >= 4 is 15.9 Å². The lowest BCUT2D eigenvalue weighted by Gasteiger charge is -2.12. The van der Waals surface area contributed by atoms with Gasteiger partial charge in [0.2, 0.25) is 10.0 Å². The summed E-state index contributed by atoms with van der Waals surface area (Å²) in [4.78, 5) is 12.2. The van der Waals surface area contributed by atoms with Gasteiger partial charge in [0.15, 0.2) is 0 Å². The predicted octanol–water partition coefficient (Wildman–Crippen LogP) is 2.05. The van der Waals surface area contributed by atoms with Gasteiger partial charge in [0.25, 0.3) is 5.91 Å². The van der Waals surface area contributed by atoms with Crippen LogP contribution in [0.2, 0.25) is 0 Å². The van der Waals surface area contributed by atoms with Crippen molar-refractivity contribution in [1.82, 2.24) is 9.62 Å². The number of hydrogen-bond donors (Lipinski definition) is 1. The van der Waals surface area contributed by atoms with E-state index in [9.17, 15) is 17.6 Å². The summed E-state index contributed by atoms with van der Waals surface area (Å²) in [5, 5.41) is 2.73. The minimum Gasteiger partial charge on any atom is -0.352 e. The largest absolute Gasteiger partial charge is 0.352 e. The summed E-state index contributed by atoms with van der Waals surface area (Å²) in [6.45, 7) is 0.370. The Hall–Kier alpha value is -2.25. The van der Waals surface area contributed by atoms with Gasteiger partial charge in [-0.05, 0) is 42.3 Å². The molecule has 2 aromatic rings. The first kappa shape index (κ1) is 18.1. The van der Waals surface area contributed by atoms with Crippen molar-refractivity contribution in [3.63, 3.8) is 0 Å². The zero-order valence-electron chi connectivity index (χ0n) is 13.5. The van der Waals surface area contributed by atoms with Crippen molar-refractivity contribution < 1.29 is 17.6 Å². The van der Waals surface area contributed by atoms with E-state index in [-0.39, 0.29) is 22.2 Å². The van der Waals surface area contributed by atoms with E-state index in [1.54, 1.807) is 18.2 Å². The van der Waals surface area contributed by atoms with Crippen molar-refractivity contribution in [2.24, 2.45) is 0 Å². The topological polar surface area (TPSA) is 66.5 Å². The number of amides is 1. The van der Waals surface area contributed by atoms with E-state index < -0.39 is 10.0 Å². The average molecular weight is 350 g/mol. The molecule has 0 saturated carbocycles. The summed E-state index contributed by atoms with van der Waals surface area (Å²) in [6.07, 6.45) is 0.557. The van der Waals surface area contributed by atoms with Crippen LogP contribution in [0.4, 0.5) is 4.39 Å². The van der Waals surface area contributed by atoms with Crippen molar-refractivity contribution in [2.75, 3.05) is 20.6 Å². The SMILES string of the molecule is CN(C)S(=O)(=O)c1cccc(C(=O)NCCc2ccc(F)cc2)c1. The van der Waals surface area contributed by atoms with E-state index in [2.05, 4.69) is 5.32 Å². The second kappa shape index (κ2) is 7.55. The smallest absolute Gasteiger partial charge is 0.251 e. The maximum atomic E-state index is 12.8. The summed E-state index contributed by atoms with van der Waals surface area (Å²) < 4.78 is 38.1. The highest BCUT2D eigenvalue weighted by molar-refractivity contribution is 7.89. The van der Waals surface area contributed by atoms with E-state index >= 15 is 0 Å². The molecule has 0 aliphatic carbocycles. The monoisotopic (exact) mass is 350 g/mol. The number of halogens is 1. The number of rotatable bonds is 6. The highest BCUT2D eigenvalue weighted by Gasteiger charge is 2.18. The average Bonchev–Trinajstić information content (AvgIpc) is 2.56. The quantitative estimate of drug-likeness (QED) is 0.867. The van der Waals surface area contributed by atoms with Gasteiger partial charge in [-0.1, -0.05) is 18.2 Å². The molecule has 0 fully saturated rings. The molecule has 7 heteroatoms. The fourth-order valence-electron chi connectivity index (χ4n) is 2.08. The zero-order valence-corrected chi connectivity index (χ0v) is 14.3. The highest BCUT2D eigenvalue weighted by Crippen LogP contribution is 2.14. The van der Waals surface area contributed by atoms with Gasteiger partial charge < -0.3 is 5.32 Å². The first-order valence-corrected chi connectivity index (χ1v) is 8.80. The third kappa shape index (κ3) is 4.39. The number of carbonyl (C=O) groups excluding carboxylic acids is 1. The Labute approximate surface area is 141 Å². The van der Waals surface area contributed by atoms with Gasteiger partial charge in [0, 0.05) is 26.2 Å². The van der Waals surface area contributed by atoms with Crippen LogP contribution < -0.4 is 5.32 Å². The Morgan fingerprint density at radius 2 is 1.79 bits per heavy atom. The van der Waals surface area contributed by atoms with E-state index in [0.29, 0.717) is 13.0 Å². The fourth-order valence-corrected chi connectivity index (χ4v) is 3.03. The first-order valence-electron chi connectivity index (χ1n) is 7.36. The van der Waals surface area contributed by atoms with Crippen LogP contribution in [0.15, 0.2) is 53.4 Å². The van der Waals surface area contributed by atoms with Gasteiger partial charge in [0.1, 0.15) is 5.82 Å². The molecule has 0 radical (unpaired) electrons. The molecule has 0 saturated heterocycles. The van der Waals surface area contributed by atoms with Crippen LogP contribution in [0.25, 0.3) is 0 Å². The van der Waals surface area contributed by atoms with Gasteiger partial charge in [-0.15, -0.1) is 0 Å². The van der Waals surface area contributed by atoms with Crippen molar-refractivity contribution in [3.8, 4) is 0 Å². The lowest BCUT2D eigenvalue weighted by Crippen LogP contribution is -2.26. The van der Waals surface area contributed by atoms with Gasteiger partial charge >= 0.3 is 0 Å². The van der Waals surface area contributed by atoms with Crippen molar-refractivity contribution in [1.29, 1.82) is 0 Å². The maximum absolute atomic E-state index is 12.8. The van der Waals surface area contributed by atoms with E-state index in [1.165, 1.54) is 44.4 Å². The number of benzene rings is 2. The van der Waals surface area contributed by atoms with E-state index in [0.717, 1.165) is 9.87 Å². The van der Waals surface area contributed by atoms with Gasteiger partial charge in [-0.3, -0.25) is 4.79 Å². The normalized spacial score (nSPS) is 11.5. The molecular formula is C17H19FN2O3S. The van der Waals surface area contributed by atoms with Crippen LogP contribution in [0.3, 0.4) is 0 Å². The summed E-state index contributed by atoms with van der Waals surface area (Å²) >= 11 is 0. The molecule has 0 aliphatic rings. The Kier molecular flexibility index (Phi) is 5.69. The molecule has 128 valence electrons. The Bertz CT molecular complexity index is 818. The molecule has 24 heavy (non-hydrogen) atoms. The molecule has 2 aromatic carbocycles. The van der Waals surface area contributed by atoms with Crippen LogP contribution in [-0.2, 0) is 16.4 Å². The lowest BCUT2D eigenvalue weighted by molar-refractivity contribution is 0.0954. The minimum atomic E-state index is -3.58. The maximum Gasteiger partial charge on any atom is 0.251 e. The lowest BCUT2D eigenvalue weighted by atomic mass is 10.1. The fraction of sp³-hybridized carbons (Fsp3) is 0.235. The number of sulfonamides is 1. The number of nitrogens with zero attached hydrogens (tertiary/aromatic N) is 1. The zero-order chi connectivity index (χ0) is 17.7. The van der Waals surface area contributed by atoms with E-state index in [1.807, 2.05) is 0 Å². The predicted molar refractivity (Wildman–Crippen MR) is 89.8 cm³/mol. The molecule has 0 heterocycles. The third-order valence-electron chi connectivity index (χ3n) is 3.49. The number of hydrogen-bond acceptors (Lipinski definition) is 3. The second-order valence-electron chi connectivity index (χ2n) is 5.45. The summed E-state index contributed by atoms with van der Waals surface area (Å²) in [5.41, 5.74) is 1.18. The molecule has 0 aliphatic heterocycles. The molecule has 1 amide bonds. The van der Waals surface area contributed by atoms with Gasteiger partial charge in [-0.2, -0.15) is 0 Å². The van der Waals surface area contributed by atoms with Gasteiger partial charge in [-0.25, -0.2) is 17.1 Å². The molecule has 0 bridgehead atoms. The van der Waals surface area contributed by atoms with Crippen LogP contribution in [0.1, 0.15) is 15.9 Å². The standard InChI is InChI=1S/C17H19FN2O3S/c1-20(2)24(22,23)16-5-3-4-14(12-16)17(21)19-11-10-13-6-8-15(18)9-7-13/h3-9,12H,10-11H2,1-2H3,(H,19,21). The molecule has 0 spiro atoms. The molecule has 0 aromatic heterocycles. The third-order valence-corrected chi connectivity index (χ3v) is 5.30. The highest BCUT2D eigenvalue weighted by atomic mass is 32.2. The molecule has 0 atom stereocenters. The van der Waals surface area contributed by atoms with Crippen LogP contribution in [-0.4, -0.2) is 39.3 Å². The molecule has 2 rings (SSSR count). The molecule has 0 unspecified atom stereocenters. The van der Waals surface area contributed by atoms with E-state index in [4.69, 9.17) is 0 Å².